The van der Waals surface area contributed by atoms with Gasteiger partial charge in [0, 0.05) is 17.2 Å². The van der Waals surface area contributed by atoms with Gasteiger partial charge in [-0.25, -0.2) is 0 Å². The van der Waals surface area contributed by atoms with E-state index < -0.39 is 0 Å². The first kappa shape index (κ1) is 15.9. The number of nitrogens with zero attached hydrogens (tertiary/aromatic N) is 2. The molecule has 0 aliphatic rings. The molecular weight excluding hydrogens is 284 g/mol. The van der Waals surface area contributed by atoms with Crippen molar-refractivity contribution in [1.82, 2.24) is 15.2 Å². The molecule has 2 aromatic rings. The van der Waals surface area contributed by atoms with Gasteiger partial charge in [-0.1, -0.05) is 17.7 Å². The molecule has 0 radical (unpaired) electrons. The number of nitrogens with one attached hydrogen (secondary N) is 1. The quantitative estimate of drug-likeness (QED) is 0.467. The van der Waals surface area contributed by atoms with E-state index in [2.05, 4.69) is 48.6 Å². The second-order valence-corrected chi connectivity index (χ2v) is 5.85. The second-order valence-electron chi connectivity index (χ2n) is 4.76. The number of aromatic nitrogens is 2. The van der Waals surface area contributed by atoms with E-state index >= 15 is 0 Å². The Morgan fingerprint density at radius 2 is 2.10 bits per heavy atom. The Bertz CT molecular complexity index is 546. The average molecular weight is 306 g/mol. The molecule has 1 unspecified atom stereocenters. The van der Waals surface area contributed by atoms with E-state index in [-0.39, 0.29) is 6.04 Å². The van der Waals surface area contributed by atoms with Crippen LogP contribution in [0.15, 0.2) is 35.4 Å². The van der Waals surface area contributed by atoms with Crippen LogP contribution in [0, 0.1) is 6.92 Å². The molecule has 0 saturated carbocycles. The van der Waals surface area contributed by atoms with E-state index in [0.717, 1.165) is 23.7 Å². The molecule has 1 heterocycles. The fraction of sp³-hybridized carbons (Fsp3) is 0.400. The average Bonchev–Trinajstić information content (AvgIpc) is 2.93. The van der Waals surface area contributed by atoms with Crippen molar-refractivity contribution in [3.05, 3.63) is 41.7 Å². The first-order chi connectivity index (χ1) is 10.2. The van der Waals surface area contributed by atoms with Gasteiger partial charge >= 0.3 is 0 Å². The minimum absolute atomic E-state index is 0.0197. The maximum Gasteiger partial charge on any atom is 0.161 e. The van der Waals surface area contributed by atoms with Gasteiger partial charge in [-0.15, -0.1) is 11.8 Å². The molecule has 0 saturated heterocycles. The van der Waals surface area contributed by atoms with Crippen LogP contribution in [-0.4, -0.2) is 22.6 Å². The summed E-state index contributed by atoms with van der Waals surface area (Å²) in [4.78, 5) is 1.22. The highest BCUT2D eigenvalue weighted by molar-refractivity contribution is 7.99. The number of benzene rings is 1. The maximum absolute atomic E-state index is 5.74. The van der Waals surface area contributed by atoms with E-state index in [1.165, 1.54) is 10.5 Å². The number of ether oxygens (including phenoxy) is 1. The lowest BCUT2D eigenvalue weighted by Gasteiger charge is -2.18. The SMILES string of the molecule is CCn1ncc(OC)c1C(CSc1ccc(C)cc1)NN. The fourth-order valence-electron chi connectivity index (χ4n) is 2.16. The zero-order valence-corrected chi connectivity index (χ0v) is 13.5. The molecular formula is C15H22N4OS. The number of nitrogens with two attached hydrogens (primary N) is 1. The van der Waals surface area contributed by atoms with Gasteiger partial charge in [0.2, 0.25) is 0 Å². The van der Waals surface area contributed by atoms with Gasteiger partial charge < -0.3 is 4.74 Å². The Balaban J connectivity index is 2.12. The van der Waals surface area contributed by atoms with Crippen LogP contribution in [0.5, 0.6) is 5.75 Å². The minimum atomic E-state index is -0.0197. The Labute approximate surface area is 129 Å². The second kappa shape index (κ2) is 7.49. The van der Waals surface area contributed by atoms with E-state index in [9.17, 15) is 0 Å². The number of methoxy groups -OCH3 is 1. The highest BCUT2D eigenvalue weighted by atomic mass is 32.2. The number of aryl methyl sites for hydroxylation is 2. The molecule has 5 nitrogen and oxygen atoms in total. The van der Waals surface area contributed by atoms with Gasteiger partial charge in [0.25, 0.3) is 0 Å². The van der Waals surface area contributed by atoms with Crippen molar-refractivity contribution in [2.24, 2.45) is 5.84 Å². The number of thioether (sulfide) groups is 1. The molecule has 1 aromatic carbocycles. The molecule has 1 aromatic heterocycles. The molecule has 0 fully saturated rings. The summed E-state index contributed by atoms with van der Waals surface area (Å²) in [5.74, 6) is 7.31. The topological polar surface area (TPSA) is 65.1 Å². The third kappa shape index (κ3) is 3.78. The van der Waals surface area contributed by atoms with Crippen LogP contribution in [-0.2, 0) is 6.54 Å². The third-order valence-corrected chi connectivity index (χ3v) is 4.44. The fourth-order valence-corrected chi connectivity index (χ4v) is 3.10. The van der Waals surface area contributed by atoms with Gasteiger partial charge in [0.05, 0.1) is 25.0 Å². The zero-order chi connectivity index (χ0) is 15.2. The van der Waals surface area contributed by atoms with Crippen LogP contribution in [0.3, 0.4) is 0 Å². The van der Waals surface area contributed by atoms with E-state index in [4.69, 9.17) is 10.6 Å². The van der Waals surface area contributed by atoms with Gasteiger partial charge in [-0.2, -0.15) is 5.10 Å². The van der Waals surface area contributed by atoms with Crippen LogP contribution < -0.4 is 16.0 Å². The third-order valence-electron chi connectivity index (χ3n) is 3.33. The lowest BCUT2D eigenvalue weighted by atomic mass is 10.2. The summed E-state index contributed by atoms with van der Waals surface area (Å²) in [6.07, 6.45) is 1.74. The molecule has 0 spiro atoms. The van der Waals surface area contributed by atoms with Gasteiger partial charge in [0.15, 0.2) is 5.75 Å². The lowest BCUT2D eigenvalue weighted by molar-refractivity contribution is 0.397. The summed E-state index contributed by atoms with van der Waals surface area (Å²) < 4.78 is 7.31. The van der Waals surface area contributed by atoms with Crippen LogP contribution in [0.25, 0.3) is 0 Å². The first-order valence-corrected chi connectivity index (χ1v) is 7.93. The molecule has 0 bridgehead atoms. The molecule has 3 N–H and O–H groups in total. The molecule has 0 aliphatic heterocycles. The van der Waals surface area contributed by atoms with Crippen LogP contribution in [0.4, 0.5) is 0 Å². The number of rotatable bonds is 7. The van der Waals surface area contributed by atoms with Crippen molar-refractivity contribution in [1.29, 1.82) is 0 Å². The van der Waals surface area contributed by atoms with Crippen LogP contribution in [0.2, 0.25) is 0 Å². The van der Waals surface area contributed by atoms with Crippen molar-refractivity contribution in [3.63, 3.8) is 0 Å². The Morgan fingerprint density at radius 1 is 1.38 bits per heavy atom. The molecule has 0 amide bonds. The molecule has 6 heteroatoms. The summed E-state index contributed by atoms with van der Waals surface area (Å²) >= 11 is 1.76. The van der Waals surface area contributed by atoms with E-state index in [0.29, 0.717) is 0 Å². The smallest absolute Gasteiger partial charge is 0.161 e. The summed E-state index contributed by atoms with van der Waals surface area (Å²) in [6, 6.07) is 8.46. The first-order valence-electron chi connectivity index (χ1n) is 6.94. The van der Waals surface area contributed by atoms with Crippen LogP contribution >= 0.6 is 11.8 Å². The molecule has 114 valence electrons. The van der Waals surface area contributed by atoms with Crippen molar-refractivity contribution < 1.29 is 4.74 Å². The number of hydrogen-bond acceptors (Lipinski definition) is 5. The normalized spacial score (nSPS) is 12.4. The maximum atomic E-state index is 5.74. The van der Waals surface area contributed by atoms with Crippen molar-refractivity contribution >= 4 is 11.8 Å². The Hall–Kier alpha value is -1.50. The zero-order valence-electron chi connectivity index (χ0n) is 12.7. The summed E-state index contributed by atoms with van der Waals surface area (Å²) in [6.45, 7) is 4.92. The lowest BCUT2D eigenvalue weighted by Crippen LogP contribution is -2.31. The Kier molecular flexibility index (Phi) is 5.67. The summed E-state index contributed by atoms with van der Waals surface area (Å²) in [5, 5.41) is 4.33. The monoisotopic (exact) mass is 306 g/mol. The van der Waals surface area contributed by atoms with Crippen LogP contribution in [0.1, 0.15) is 24.2 Å². The van der Waals surface area contributed by atoms with Crippen molar-refractivity contribution in [3.8, 4) is 5.75 Å². The molecule has 2 rings (SSSR count). The summed E-state index contributed by atoms with van der Waals surface area (Å²) in [7, 11) is 1.65. The standard InChI is InChI=1S/C15H22N4OS/c1-4-19-15(14(20-3)9-17-19)13(18-16)10-21-12-7-5-11(2)6-8-12/h5-9,13,18H,4,10,16H2,1-3H3. The molecule has 1 atom stereocenters. The predicted octanol–water partition coefficient (Wildman–Crippen LogP) is 2.52. The number of hydrogen-bond donors (Lipinski definition) is 2. The van der Waals surface area contributed by atoms with E-state index in [1.54, 1.807) is 25.1 Å². The minimum Gasteiger partial charge on any atom is -0.493 e. The van der Waals surface area contributed by atoms with Gasteiger partial charge in [-0.05, 0) is 26.0 Å². The predicted molar refractivity (Wildman–Crippen MR) is 86.4 cm³/mol. The van der Waals surface area contributed by atoms with Gasteiger partial charge in [0.1, 0.15) is 0 Å². The van der Waals surface area contributed by atoms with E-state index in [1.807, 2.05) is 4.68 Å². The van der Waals surface area contributed by atoms with Crippen molar-refractivity contribution in [2.45, 2.75) is 31.3 Å². The van der Waals surface area contributed by atoms with Gasteiger partial charge in [-0.3, -0.25) is 16.0 Å². The molecule has 21 heavy (non-hydrogen) atoms. The number of hydrazine groups is 1. The molecule has 0 aliphatic carbocycles. The summed E-state index contributed by atoms with van der Waals surface area (Å²) in [5.41, 5.74) is 5.12. The highest BCUT2D eigenvalue weighted by Crippen LogP contribution is 2.29. The highest BCUT2D eigenvalue weighted by Gasteiger charge is 2.20. The largest absolute Gasteiger partial charge is 0.493 e. The Morgan fingerprint density at radius 3 is 2.67 bits per heavy atom. The van der Waals surface area contributed by atoms with Crippen molar-refractivity contribution in [2.75, 3.05) is 12.9 Å².